The number of alkyl halides is 3. The summed E-state index contributed by atoms with van der Waals surface area (Å²) in [6, 6.07) is 9.00. The van der Waals surface area contributed by atoms with E-state index in [1.165, 1.54) is 18.3 Å². The number of aliphatic hydroxyl groups is 1. The largest absolute Gasteiger partial charge is 0.466 e. The van der Waals surface area contributed by atoms with Gasteiger partial charge in [0.2, 0.25) is 0 Å². The number of esters is 1. The van der Waals surface area contributed by atoms with Gasteiger partial charge in [-0.05, 0) is 23.3 Å². The molecule has 3 rings (SSSR count). The molecule has 0 aliphatic carbocycles. The van der Waals surface area contributed by atoms with E-state index in [0.717, 1.165) is 0 Å². The zero-order valence-corrected chi connectivity index (χ0v) is 14.2. The van der Waals surface area contributed by atoms with Gasteiger partial charge in [-0.3, -0.25) is 4.79 Å². The molecule has 2 aromatic rings. The average Bonchev–Trinajstić information content (AvgIpc) is 2.59. The second-order valence-corrected chi connectivity index (χ2v) is 6.14. The first-order valence-corrected chi connectivity index (χ1v) is 8.21. The molecule has 0 radical (unpaired) electrons. The van der Waals surface area contributed by atoms with Crippen LogP contribution >= 0.6 is 0 Å². The molecule has 6 nitrogen and oxygen atoms in total. The maximum absolute atomic E-state index is 13.7. The topological polar surface area (TPSA) is 87.7 Å². The first-order chi connectivity index (χ1) is 12.7. The molecule has 2 aromatic carbocycles. The Bertz CT molecular complexity index is 881. The van der Waals surface area contributed by atoms with Gasteiger partial charge in [0, 0.05) is 0 Å². The highest BCUT2D eigenvalue weighted by Gasteiger charge is 2.67. The number of fused-ring (bicyclic) bond motifs is 1. The van der Waals surface area contributed by atoms with E-state index in [-0.39, 0.29) is 12.2 Å². The number of hydrogen-bond donors (Lipinski definition) is 3. The molecule has 3 atom stereocenters. The number of nitrogens with one attached hydrogen (secondary N) is 2. The van der Waals surface area contributed by atoms with Crippen LogP contribution in [-0.4, -0.2) is 35.6 Å². The molecule has 2 amide bonds. The van der Waals surface area contributed by atoms with Gasteiger partial charge in [0.1, 0.15) is 5.92 Å². The molecule has 1 fully saturated rings. The quantitative estimate of drug-likeness (QED) is 0.713. The van der Waals surface area contributed by atoms with E-state index in [1.54, 1.807) is 36.4 Å². The van der Waals surface area contributed by atoms with Gasteiger partial charge in [-0.25, -0.2) is 4.79 Å². The van der Waals surface area contributed by atoms with Crippen LogP contribution in [0, 0.1) is 5.92 Å². The number of hydrogen-bond acceptors (Lipinski definition) is 4. The fraction of sp³-hybridized carbons (Fsp3) is 0.333. The molecular weight excluding hydrogens is 365 g/mol. The maximum atomic E-state index is 13.7. The van der Waals surface area contributed by atoms with Crippen molar-refractivity contribution in [3.8, 4) is 0 Å². The molecule has 0 saturated carbocycles. The molecule has 0 bridgehead atoms. The van der Waals surface area contributed by atoms with Crippen molar-refractivity contribution in [1.82, 2.24) is 10.6 Å². The Morgan fingerprint density at radius 1 is 1.22 bits per heavy atom. The number of ether oxygens (including phenoxy) is 1. The summed E-state index contributed by atoms with van der Waals surface area (Å²) in [4.78, 5) is 24.4. The predicted molar refractivity (Wildman–Crippen MR) is 89.5 cm³/mol. The van der Waals surface area contributed by atoms with Gasteiger partial charge in [0.15, 0.2) is 0 Å². The van der Waals surface area contributed by atoms with Gasteiger partial charge in [-0.15, -0.1) is 0 Å². The SMILES string of the molecule is CCOC(=O)[C@@H]1[C@@H](c2cccc3ccccc23)NC(=O)N[C@]1(O)C(F)(F)F. The Balaban J connectivity index is 2.21. The lowest BCUT2D eigenvalue weighted by Crippen LogP contribution is -2.73. The van der Waals surface area contributed by atoms with Gasteiger partial charge < -0.3 is 20.5 Å². The van der Waals surface area contributed by atoms with Gasteiger partial charge in [0.25, 0.3) is 5.72 Å². The maximum Gasteiger partial charge on any atom is 0.437 e. The normalized spacial score (nSPS) is 25.6. The first-order valence-electron chi connectivity index (χ1n) is 8.21. The van der Waals surface area contributed by atoms with E-state index in [2.05, 4.69) is 5.32 Å². The third-order valence-corrected chi connectivity index (χ3v) is 4.51. The third kappa shape index (κ3) is 3.18. The highest BCUT2D eigenvalue weighted by atomic mass is 19.4. The second-order valence-electron chi connectivity index (χ2n) is 6.14. The van der Waals surface area contributed by atoms with Crippen LogP contribution < -0.4 is 10.6 Å². The van der Waals surface area contributed by atoms with Crippen molar-refractivity contribution >= 4 is 22.8 Å². The first kappa shape index (κ1) is 19.0. The molecule has 1 saturated heterocycles. The third-order valence-electron chi connectivity index (χ3n) is 4.51. The second kappa shape index (κ2) is 6.73. The lowest BCUT2D eigenvalue weighted by atomic mass is 9.80. The molecular formula is C18H17F3N2O4. The van der Waals surface area contributed by atoms with Crippen LogP contribution in [0.25, 0.3) is 10.8 Å². The Morgan fingerprint density at radius 3 is 2.56 bits per heavy atom. The van der Waals surface area contributed by atoms with Gasteiger partial charge in [0.05, 0.1) is 12.6 Å². The smallest absolute Gasteiger partial charge is 0.437 e. The molecule has 27 heavy (non-hydrogen) atoms. The van der Waals surface area contributed by atoms with Crippen molar-refractivity contribution < 1.29 is 32.6 Å². The lowest BCUT2D eigenvalue weighted by molar-refractivity contribution is -0.294. The molecule has 1 heterocycles. The minimum absolute atomic E-state index is 0.181. The van der Waals surface area contributed by atoms with Gasteiger partial charge >= 0.3 is 18.2 Å². The van der Waals surface area contributed by atoms with Crippen LogP contribution in [-0.2, 0) is 9.53 Å². The van der Waals surface area contributed by atoms with E-state index in [9.17, 15) is 27.9 Å². The standard InChI is InChI=1S/C18H17F3N2O4/c1-2-27-15(24)13-14(22-16(25)23-17(13,26)18(19,20)21)12-9-5-7-10-6-3-4-8-11(10)12/h3-9,13-14,26H,2H2,1H3,(H2,22,23,25)/t13-,14+,17+/m0/s1. The number of carbonyl (C=O) groups excluding carboxylic acids is 2. The summed E-state index contributed by atoms with van der Waals surface area (Å²) in [6.07, 6.45) is -5.30. The van der Waals surface area contributed by atoms with Crippen molar-refractivity contribution in [2.45, 2.75) is 24.9 Å². The molecule has 0 unspecified atom stereocenters. The van der Waals surface area contributed by atoms with E-state index < -0.39 is 35.9 Å². The molecule has 144 valence electrons. The van der Waals surface area contributed by atoms with Crippen molar-refractivity contribution in [2.24, 2.45) is 5.92 Å². The van der Waals surface area contributed by atoms with Crippen LogP contribution in [0.15, 0.2) is 42.5 Å². The molecule has 1 aliphatic heterocycles. The van der Waals surface area contributed by atoms with Crippen molar-refractivity contribution in [1.29, 1.82) is 0 Å². The number of benzene rings is 2. The van der Waals surface area contributed by atoms with E-state index in [1.807, 2.05) is 0 Å². The summed E-state index contributed by atoms with van der Waals surface area (Å²) >= 11 is 0. The lowest BCUT2D eigenvalue weighted by Gasteiger charge is -2.44. The van der Waals surface area contributed by atoms with Gasteiger partial charge in [-0.2, -0.15) is 13.2 Å². The monoisotopic (exact) mass is 382 g/mol. The average molecular weight is 382 g/mol. The number of rotatable bonds is 3. The van der Waals surface area contributed by atoms with E-state index in [0.29, 0.717) is 10.8 Å². The molecule has 0 aromatic heterocycles. The minimum atomic E-state index is -5.30. The van der Waals surface area contributed by atoms with Crippen LogP contribution in [0.3, 0.4) is 0 Å². The Hall–Kier alpha value is -2.81. The Kier molecular flexibility index (Phi) is 4.73. The minimum Gasteiger partial charge on any atom is -0.466 e. The summed E-state index contributed by atoms with van der Waals surface area (Å²) in [7, 11) is 0. The highest BCUT2D eigenvalue weighted by Crippen LogP contribution is 2.44. The summed E-state index contributed by atoms with van der Waals surface area (Å²) in [5.74, 6) is -3.41. The van der Waals surface area contributed by atoms with Crippen LogP contribution in [0.5, 0.6) is 0 Å². The summed E-state index contributed by atoms with van der Waals surface area (Å²) in [5, 5.41) is 15.4. The number of carbonyl (C=O) groups is 2. The molecule has 3 N–H and O–H groups in total. The zero-order valence-electron chi connectivity index (χ0n) is 14.2. The Labute approximate surface area is 152 Å². The molecule has 9 heteroatoms. The predicted octanol–water partition coefficient (Wildman–Crippen LogP) is 2.62. The van der Waals surface area contributed by atoms with Crippen molar-refractivity contribution in [2.75, 3.05) is 6.61 Å². The molecule has 1 aliphatic rings. The van der Waals surface area contributed by atoms with Crippen LogP contribution in [0.1, 0.15) is 18.5 Å². The van der Waals surface area contributed by atoms with Crippen molar-refractivity contribution in [3.63, 3.8) is 0 Å². The molecule has 0 spiro atoms. The Morgan fingerprint density at radius 2 is 1.89 bits per heavy atom. The summed E-state index contributed by atoms with van der Waals surface area (Å²) in [6.45, 7) is 1.26. The van der Waals surface area contributed by atoms with E-state index in [4.69, 9.17) is 4.74 Å². The van der Waals surface area contributed by atoms with Crippen molar-refractivity contribution in [3.05, 3.63) is 48.0 Å². The summed E-state index contributed by atoms with van der Waals surface area (Å²) in [5.41, 5.74) is -3.51. The van der Waals surface area contributed by atoms with E-state index >= 15 is 0 Å². The highest BCUT2D eigenvalue weighted by molar-refractivity contribution is 5.89. The number of amides is 2. The fourth-order valence-electron chi connectivity index (χ4n) is 3.32. The number of halogens is 3. The zero-order chi connectivity index (χ0) is 19.8. The number of urea groups is 1. The van der Waals surface area contributed by atoms with Gasteiger partial charge in [-0.1, -0.05) is 42.5 Å². The summed E-state index contributed by atoms with van der Waals surface area (Å²) < 4.78 is 45.7. The van der Waals surface area contributed by atoms with Crippen LogP contribution in [0.4, 0.5) is 18.0 Å². The van der Waals surface area contributed by atoms with Crippen LogP contribution in [0.2, 0.25) is 0 Å². The fourth-order valence-corrected chi connectivity index (χ4v) is 3.32.